The molecule has 0 spiro atoms. The van der Waals surface area contributed by atoms with Gasteiger partial charge in [0.05, 0.1) is 0 Å². The van der Waals surface area contributed by atoms with E-state index in [1.54, 1.807) is 0 Å². The van der Waals surface area contributed by atoms with Crippen LogP contribution in [0.15, 0.2) is 0 Å². The highest BCUT2D eigenvalue weighted by atomic mass is 15.1. The molecule has 1 saturated heterocycles. The minimum absolute atomic E-state index is 0.490. The summed E-state index contributed by atoms with van der Waals surface area (Å²) in [4.78, 5) is 2.74. The molecule has 20 heavy (non-hydrogen) atoms. The first kappa shape index (κ1) is 16.3. The van der Waals surface area contributed by atoms with E-state index in [0.717, 1.165) is 17.9 Å². The molecule has 2 unspecified atom stereocenters. The predicted octanol–water partition coefficient (Wildman–Crippen LogP) is 3.91. The van der Waals surface area contributed by atoms with Crippen LogP contribution in [0.5, 0.6) is 0 Å². The summed E-state index contributed by atoms with van der Waals surface area (Å²) in [5.41, 5.74) is 0.490. The van der Waals surface area contributed by atoms with Crippen molar-refractivity contribution in [3.8, 4) is 0 Å². The Labute approximate surface area is 126 Å². The fourth-order valence-corrected chi connectivity index (χ4v) is 4.32. The summed E-state index contributed by atoms with van der Waals surface area (Å²) in [5.74, 6) is 1.84. The first-order valence-electron chi connectivity index (χ1n) is 8.90. The maximum absolute atomic E-state index is 3.61. The van der Waals surface area contributed by atoms with Crippen LogP contribution in [0.4, 0.5) is 0 Å². The Morgan fingerprint density at radius 3 is 2.30 bits per heavy atom. The van der Waals surface area contributed by atoms with E-state index >= 15 is 0 Å². The Balaban J connectivity index is 1.83. The summed E-state index contributed by atoms with van der Waals surface area (Å²) < 4.78 is 0. The average Bonchev–Trinajstić information content (AvgIpc) is 2.80. The van der Waals surface area contributed by atoms with E-state index in [0.29, 0.717) is 5.41 Å². The Bertz CT molecular complexity index is 276. The lowest BCUT2D eigenvalue weighted by atomic mass is 9.77. The van der Waals surface area contributed by atoms with Gasteiger partial charge in [0.2, 0.25) is 0 Å². The molecule has 1 aliphatic heterocycles. The maximum atomic E-state index is 3.61. The second kappa shape index (κ2) is 7.26. The molecule has 0 radical (unpaired) electrons. The number of likely N-dealkylation sites (N-methyl/N-ethyl adjacent to an activating group) is 1. The Morgan fingerprint density at radius 1 is 1.00 bits per heavy atom. The van der Waals surface area contributed by atoms with Gasteiger partial charge in [-0.15, -0.1) is 0 Å². The number of rotatable bonds is 4. The van der Waals surface area contributed by atoms with Crippen LogP contribution in [0.3, 0.4) is 0 Å². The van der Waals surface area contributed by atoms with Crippen LogP contribution in [-0.2, 0) is 0 Å². The second-order valence-corrected chi connectivity index (χ2v) is 8.23. The van der Waals surface area contributed by atoms with Gasteiger partial charge >= 0.3 is 0 Å². The van der Waals surface area contributed by atoms with Gasteiger partial charge in [-0.1, -0.05) is 33.6 Å². The summed E-state index contributed by atoms with van der Waals surface area (Å²) >= 11 is 0. The second-order valence-electron chi connectivity index (χ2n) is 8.23. The topological polar surface area (TPSA) is 15.3 Å². The van der Waals surface area contributed by atoms with E-state index in [9.17, 15) is 0 Å². The average molecular weight is 280 g/mol. The van der Waals surface area contributed by atoms with E-state index in [4.69, 9.17) is 0 Å². The molecule has 2 aliphatic rings. The Hall–Kier alpha value is -0.0800. The molecule has 0 aromatic carbocycles. The molecular formula is C18H36N2. The van der Waals surface area contributed by atoms with Crippen molar-refractivity contribution in [3.63, 3.8) is 0 Å². The molecule has 0 amide bonds. The molecule has 2 nitrogen and oxygen atoms in total. The molecule has 118 valence electrons. The number of likely N-dealkylation sites (tertiary alicyclic amines) is 1. The van der Waals surface area contributed by atoms with Crippen molar-refractivity contribution in [2.75, 3.05) is 26.7 Å². The van der Waals surface area contributed by atoms with E-state index < -0.39 is 0 Å². The van der Waals surface area contributed by atoms with Crippen LogP contribution in [0.2, 0.25) is 0 Å². The minimum atomic E-state index is 0.490. The normalized spacial score (nSPS) is 28.5. The van der Waals surface area contributed by atoms with Crippen LogP contribution in [0.25, 0.3) is 0 Å². The molecule has 0 aromatic heterocycles. The molecule has 1 aliphatic carbocycles. The molecule has 0 aromatic rings. The van der Waals surface area contributed by atoms with Gasteiger partial charge < -0.3 is 10.2 Å². The zero-order valence-electron chi connectivity index (χ0n) is 14.3. The SMILES string of the molecule is CNC(CN1CCCC(C(C)(C)C)CC1)C1CCCC1. The van der Waals surface area contributed by atoms with Crippen molar-refractivity contribution in [1.82, 2.24) is 10.2 Å². The molecule has 1 saturated carbocycles. The molecule has 1 N–H and O–H groups in total. The van der Waals surface area contributed by atoms with Crippen LogP contribution < -0.4 is 5.32 Å². The van der Waals surface area contributed by atoms with Crippen molar-refractivity contribution < 1.29 is 0 Å². The molecule has 1 heterocycles. The largest absolute Gasteiger partial charge is 0.315 e. The summed E-state index contributed by atoms with van der Waals surface area (Å²) in [6, 6.07) is 0.726. The smallest absolute Gasteiger partial charge is 0.0220 e. The zero-order valence-corrected chi connectivity index (χ0v) is 14.3. The van der Waals surface area contributed by atoms with Crippen molar-refractivity contribution in [1.29, 1.82) is 0 Å². The third-order valence-corrected chi connectivity index (χ3v) is 5.84. The van der Waals surface area contributed by atoms with Gasteiger partial charge in [-0.2, -0.15) is 0 Å². The van der Waals surface area contributed by atoms with Gasteiger partial charge in [0.1, 0.15) is 0 Å². The lowest BCUT2D eigenvalue weighted by Gasteiger charge is -2.31. The van der Waals surface area contributed by atoms with Gasteiger partial charge in [0, 0.05) is 12.6 Å². The Morgan fingerprint density at radius 2 is 1.70 bits per heavy atom. The molecule has 0 bridgehead atoms. The van der Waals surface area contributed by atoms with Gasteiger partial charge in [0.25, 0.3) is 0 Å². The van der Waals surface area contributed by atoms with Crippen LogP contribution >= 0.6 is 0 Å². The van der Waals surface area contributed by atoms with E-state index in [-0.39, 0.29) is 0 Å². The van der Waals surface area contributed by atoms with E-state index in [1.165, 1.54) is 64.6 Å². The van der Waals surface area contributed by atoms with Gasteiger partial charge in [0.15, 0.2) is 0 Å². The highest BCUT2D eigenvalue weighted by Crippen LogP contribution is 2.34. The molecule has 2 atom stereocenters. The number of nitrogens with zero attached hydrogens (tertiary/aromatic N) is 1. The van der Waals surface area contributed by atoms with Crippen LogP contribution in [-0.4, -0.2) is 37.6 Å². The van der Waals surface area contributed by atoms with Gasteiger partial charge in [-0.25, -0.2) is 0 Å². The number of hydrogen-bond donors (Lipinski definition) is 1. The highest BCUT2D eigenvalue weighted by molar-refractivity contribution is 4.85. The summed E-state index contributed by atoms with van der Waals surface area (Å²) in [6.07, 6.45) is 10.0. The quantitative estimate of drug-likeness (QED) is 0.840. The van der Waals surface area contributed by atoms with Crippen molar-refractivity contribution in [3.05, 3.63) is 0 Å². The number of hydrogen-bond acceptors (Lipinski definition) is 2. The van der Waals surface area contributed by atoms with Crippen molar-refractivity contribution in [2.24, 2.45) is 17.3 Å². The summed E-state index contributed by atoms with van der Waals surface area (Å²) in [7, 11) is 2.17. The van der Waals surface area contributed by atoms with Crippen LogP contribution in [0, 0.1) is 17.3 Å². The van der Waals surface area contributed by atoms with Crippen LogP contribution in [0.1, 0.15) is 65.7 Å². The molecule has 2 rings (SSSR count). The summed E-state index contributed by atoms with van der Waals surface area (Å²) in [6.45, 7) is 11.2. The lowest BCUT2D eigenvalue weighted by molar-refractivity contribution is 0.194. The predicted molar refractivity (Wildman–Crippen MR) is 88.0 cm³/mol. The zero-order chi connectivity index (χ0) is 14.6. The molecular weight excluding hydrogens is 244 g/mol. The van der Waals surface area contributed by atoms with E-state index in [1.807, 2.05) is 0 Å². The van der Waals surface area contributed by atoms with Crippen molar-refractivity contribution >= 4 is 0 Å². The monoisotopic (exact) mass is 280 g/mol. The fourth-order valence-electron chi connectivity index (χ4n) is 4.32. The first-order chi connectivity index (χ1) is 9.50. The first-order valence-corrected chi connectivity index (χ1v) is 8.90. The van der Waals surface area contributed by atoms with E-state index in [2.05, 4.69) is 38.0 Å². The third kappa shape index (κ3) is 4.46. The highest BCUT2D eigenvalue weighted by Gasteiger charge is 2.29. The third-order valence-electron chi connectivity index (χ3n) is 5.84. The molecule has 2 heteroatoms. The lowest BCUT2D eigenvalue weighted by Crippen LogP contribution is -2.44. The van der Waals surface area contributed by atoms with Gasteiger partial charge in [-0.05, 0) is 69.5 Å². The maximum Gasteiger partial charge on any atom is 0.0220 e. The molecule has 2 fully saturated rings. The standard InChI is InChI=1S/C18H36N2/c1-18(2,3)16-10-7-12-20(13-11-16)14-17(19-4)15-8-5-6-9-15/h15-17,19H,5-14H2,1-4H3. The summed E-state index contributed by atoms with van der Waals surface area (Å²) in [5, 5.41) is 3.61. The van der Waals surface area contributed by atoms with Gasteiger partial charge in [-0.3, -0.25) is 0 Å². The van der Waals surface area contributed by atoms with Crippen molar-refractivity contribution in [2.45, 2.75) is 71.8 Å². The Kier molecular flexibility index (Phi) is 5.92. The fraction of sp³-hybridized carbons (Fsp3) is 1.00. The minimum Gasteiger partial charge on any atom is -0.315 e. The number of nitrogens with one attached hydrogen (secondary N) is 1.